The molecule has 3 atom stereocenters. The SMILES string of the molecule is Cl.NC1CCC2CN(C(=O)c3cc4ccccc4oc3=O)CC12. The van der Waals surface area contributed by atoms with Gasteiger partial charge in [0.2, 0.25) is 0 Å². The number of hydrogen-bond acceptors (Lipinski definition) is 4. The summed E-state index contributed by atoms with van der Waals surface area (Å²) in [7, 11) is 0. The Kier molecular flexibility index (Phi) is 4.17. The van der Waals surface area contributed by atoms with E-state index < -0.39 is 5.63 Å². The Bertz CT molecular complexity index is 804. The van der Waals surface area contributed by atoms with Crippen molar-refractivity contribution in [3.05, 3.63) is 46.3 Å². The molecule has 3 unspecified atom stereocenters. The first-order chi connectivity index (χ1) is 10.6. The lowest BCUT2D eigenvalue weighted by molar-refractivity contribution is 0.0775. The number of amides is 1. The van der Waals surface area contributed by atoms with Gasteiger partial charge >= 0.3 is 5.63 Å². The normalized spacial score (nSPS) is 26.1. The van der Waals surface area contributed by atoms with Gasteiger partial charge in [-0.1, -0.05) is 18.2 Å². The Labute approximate surface area is 139 Å². The Balaban J connectivity index is 0.00000156. The molecular formula is C17H19ClN2O3. The van der Waals surface area contributed by atoms with Gasteiger partial charge in [0.15, 0.2) is 0 Å². The maximum atomic E-state index is 12.7. The number of nitrogens with two attached hydrogens (primary N) is 1. The maximum Gasteiger partial charge on any atom is 0.349 e. The van der Waals surface area contributed by atoms with Crippen molar-refractivity contribution in [1.29, 1.82) is 0 Å². The van der Waals surface area contributed by atoms with Crippen LogP contribution in [0.25, 0.3) is 11.0 Å². The van der Waals surface area contributed by atoms with Crippen LogP contribution in [0.15, 0.2) is 39.5 Å². The van der Waals surface area contributed by atoms with Crippen LogP contribution in [0.5, 0.6) is 0 Å². The van der Waals surface area contributed by atoms with Gasteiger partial charge < -0.3 is 15.1 Å². The minimum absolute atomic E-state index is 0. The lowest BCUT2D eigenvalue weighted by Crippen LogP contribution is -2.35. The Morgan fingerprint density at radius 1 is 1.22 bits per heavy atom. The van der Waals surface area contributed by atoms with Crippen molar-refractivity contribution in [2.45, 2.75) is 18.9 Å². The zero-order valence-electron chi connectivity index (χ0n) is 12.6. The first-order valence-corrected chi connectivity index (χ1v) is 7.71. The van der Waals surface area contributed by atoms with Crippen molar-refractivity contribution in [2.75, 3.05) is 13.1 Å². The fourth-order valence-electron chi connectivity index (χ4n) is 3.85. The van der Waals surface area contributed by atoms with E-state index in [9.17, 15) is 9.59 Å². The van der Waals surface area contributed by atoms with E-state index in [1.165, 1.54) is 0 Å². The predicted octanol–water partition coefficient (Wildman–Crippen LogP) is 2.02. The van der Waals surface area contributed by atoms with Crippen LogP contribution in [-0.4, -0.2) is 29.9 Å². The van der Waals surface area contributed by atoms with Crippen molar-refractivity contribution >= 4 is 29.3 Å². The number of hydrogen-bond donors (Lipinski definition) is 1. The molecule has 1 amide bonds. The van der Waals surface area contributed by atoms with Crippen LogP contribution in [0, 0.1) is 11.8 Å². The van der Waals surface area contributed by atoms with E-state index in [1.807, 2.05) is 12.1 Å². The second kappa shape index (κ2) is 5.98. The molecule has 1 aromatic carbocycles. The molecule has 1 aromatic heterocycles. The van der Waals surface area contributed by atoms with Gasteiger partial charge in [0.25, 0.3) is 5.91 Å². The van der Waals surface area contributed by atoms with Crippen molar-refractivity contribution < 1.29 is 9.21 Å². The minimum atomic E-state index is -0.565. The van der Waals surface area contributed by atoms with E-state index >= 15 is 0 Å². The highest BCUT2D eigenvalue weighted by atomic mass is 35.5. The van der Waals surface area contributed by atoms with E-state index in [-0.39, 0.29) is 29.9 Å². The Hall–Kier alpha value is -1.85. The van der Waals surface area contributed by atoms with Crippen LogP contribution < -0.4 is 11.4 Å². The number of halogens is 1. The zero-order valence-corrected chi connectivity index (χ0v) is 13.4. The summed E-state index contributed by atoms with van der Waals surface area (Å²) in [6, 6.07) is 9.03. The predicted molar refractivity (Wildman–Crippen MR) is 89.8 cm³/mol. The Morgan fingerprint density at radius 2 is 2.00 bits per heavy atom. The molecule has 1 aliphatic carbocycles. The first-order valence-electron chi connectivity index (χ1n) is 7.71. The number of benzene rings is 1. The number of rotatable bonds is 1. The monoisotopic (exact) mass is 334 g/mol. The summed E-state index contributed by atoms with van der Waals surface area (Å²) in [5.41, 5.74) is 6.16. The number of carbonyl (C=O) groups is 1. The molecule has 0 bridgehead atoms. The van der Waals surface area contributed by atoms with Gasteiger partial charge in [-0.3, -0.25) is 4.79 Å². The number of para-hydroxylation sites is 1. The number of carbonyl (C=O) groups excluding carboxylic acids is 1. The van der Waals surface area contributed by atoms with Gasteiger partial charge in [0, 0.05) is 24.5 Å². The molecule has 2 heterocycles. The number of nitrogens with zero attached hydrogens (tertiary/aromatic N) is 1. The van der Waals surface area contributed by atoms with Crippen molar-refractivity contribution in [1.82, 2.24) is 4.90 Å². The molecule has 23 heavy (non-hydrogen) atoms. The van der Waals surface area contributed by atoms with Crippen molar-refractivity contribution in [3.8, 4) is 0 Å². The average Bonchev–Trinajstić information content (AvgIpc) is 3.08. The fraction of sp³-hybridized carbons (Fsp3) is 0.412. The average molecular weight is 335 g/mol. The second-order valence-corrected chi connectivity index (χ2v) is 6.36. The van der Waals surface area contributed by atoms with Gasteiger partial charge in [-0.2, -0.15) is 0 Å². The third-order valence-electron chi connectivity index (χ3n) is 5.07. The summed E-state index contributed by atoms with van der Waals surface area (Å²) in [6.45, 7) is 1.35. The number of likely N-dealkylation sites (tertiary alicyclic amines) is 1. The van der Waals surface area contributed by atoms with Crippen LogP contribution in [0.1, 0.15) is 23.2 Å². The van der Waals surface area contributed by atoms with Crippen LogP contribution in [0.3, 0.4) is 0 Å². The lowest BCUT2D eigenvalue weighted by atomic mass is 9.98. The summed E-state index contributed by atoms with van der Waals surface area (Å²) in [6.07, 6.45) is 2.11. The standard InChI is InChI=1S/C17H18N2O3.ClH/c18-14-6-5-11-8-19(9-13(11)14)16(20)12-7-10-3-1-2-4-15(10)22-17(12)21;/h1-4,7,11,13-14H,5-6,8-9,18H2;1H. The highest BCUT2D eigenvalue weighted by molar-refractivity contribution is 5.96. The van der Waals surface area contributed by atoms with Gasteiger partial charge in [0.1, 0.15) is 11.1 Å². The van der Waals surface area contributed by atoms with E-state index in [1.54, 1.807) is 23.1 Å². The summed E-state index contributed by atoms with van der Waals surface area (Å²) >= 11 is 0. The van der Waals surface area contributed by atoms with Crippen molar-refractivity contribution in [3.63, 3.8) is 0 Å². The largest absolute Gasteiger partial charge is 0.422 e. The van der Waals surface area contributed by atoms with Crippen molar-refractivity contribution in [2.24, 2.45) is 17.6 Å². The summed E-state index contributed by atoms with van der Waals surface area (Å²) in [5.74, 6) is 0.615. The van der Waals surface area contributed by atoms with Crippen LogP contribution in [0.4, 0.5) is 0 Å². The molecule has 1 saturated carbocycles. The summed E-state index contributed by atoms with van der Waals surface area (Å²) < 4.78 is 5.26. The Morgan fingerprint density at radius 3 is 2.78 bits per heavy atom. The molecule has 2 N–H and O–H groups in total. The molecule has 1 aliphatic heterocycles. The van der Waals surface area contributed by atoms with Crippen LogP contribution in [0.2, 0.25) is 0 Å². The molecule has 2 fully saturated rings. The second-order valence-electron chi connectivity index (χ2n) is 6.36. The molecule has 0 radical (unpaired) electrons. The maximum absolute atomic E-state index is 12.7. The van der Waals surface area contributed by atoms with E-state index in [2.05, 4.69) is 0 Å². The quantitative estimate of drug-likeness (QED) is 0.809. The van der Waals surface area contributed by atoms with E-state index in [4.69, 9.17) is 10.2 Å². The smallest absolute Gasteiger partial charge is 0.349 e. The molecule has 1 saturated heterocycles. The van der Waals surface area contributed by atoms with Gasteiger partial charge in [-0.15, -0.1) is 12.4 Å². The summed E-state index contributed by atoms with van der Waals surface area (Å²) in [5, 5.41) is 0.765. The molecule has 0 spiro atoms. The highest BCUT2D eigenvalue weighted by Gasteiger charge is 2.43. The molecular weight excluding hydrogens is 316 g/mol. The van der Waals surface area contributed by atoms with Gasteiger partial charge in [-0.25, -0.2) is 4.79 Å². The van der Waals surface area contributed by atoms with E-state index in [0.717, 1.165) is 18.2 Å². The molecule has 2 aromatic rings. The summed E-state index contributed by atoms with van der Waals surface area (Å²) in [4.78, 5) is 26.5. The topological polar surface area (TPSA) is 76.5 Å². The lowest BCUT2D eigenvalue weighted by Gasteiger charge is -2.18. The van der Waals surface area contributed by atoms with Gasteiger partial charge in [-0.05, 0) is 36.8 Å². The molecule has 2 aliphatic rings. The van der Waals surface area contributed by atoms with E-state index in [0.29, 0.717) is 30.5 Å². The zero-order chi connectivity index (χ0) is 15.3. The third kappa shape index (κ3) is 2.64. The fourth-order valence-corrected chi connectivity index (χ4v) is 3.85. The third-order valence-corrected chi connectivity index (χ3v) is 5.07. The molecule has 122 valence electrons. The van der Waals surface area contributed by atoms with Gasteiger partial charge in [0.05, 0.1) is 0 Å². The van der Waals surface area contributed by atoms with Crippen LogP contribution in [-0.2, 0) is 0 Å². The highest BCUT2D eigenvalue weighted by Crippen LogP contribution is 2.37. The minimum Gasteiger partial charge on any atom is -0.422 e. The number of fused-ring (bicyclic) bond motifs is 2. The molecule has 4 rings (SSSR count). The molecule has 5 nitrogen and oxygen atoms in total. The first kappa shape index (κ1) is 16.0. The molecule has 6 heteroatoms. The van der Waals surface area contributed by atoms with Crippen LogP contribution >= 0.6 is 12.4 Å².